The van der Waals surface area contributed by atoms with Gasteiger partial charge in [0.1, 0.15) is 0 Å². The standard InChI is InChI=1S/C21H30N4O/c1-17-7-10-24(11-8-17)16-20-5-3-19(4-6-20)14-22-21(26)9-12-25-15-18(2)13-23-25/h3-6,13,15,17H,7-12,14,16H2,1-2H3,(H,22,26). The highest BCUT2D eigenvalue weighted by Gasteiger charge is 2.15. The third-order valence-electron chi connectivity index (χ3n) is 5.13. The van der Waals surface area contributed by atoms with Gasteiger partial charge in [0.2, 0.25) is 5.91 Å². The van der Waals surface area contributed by atoms with Crippen molar-refractivity contribution in [3.8, 4) is 0 Å². The molecule has 5 nitrogen and oxygen atoms in total. The molecule has 5 heteroatoms. The second-order valence-electron chi connectivity index (χ2n) is 7.58. The second kappa shape index (κ2) is 8.99. The van der Waals surface area contributed by atoms with E-state index in [-0.39, 0.29) is 5.91 Å². The highest BCUT2D eigenvalue weighted by molar-refractivity contribution is 5.75. The lowest BCUT2D eigenvalue weighted by molar-refractivity contribution is -0.121. The summed E-state index contributed by atoms with van der Waals surface area (Å²) in [5.74, 6) is 0.930. The number of aryl methyl sites for hydroxylation is 2. The van der Waals surface area contributed by atoms with Crippen LogP contribution in [0.15, 0.2) is 36.7 Å². The molecule has 0 bridgehead atoms. The minimum absolute atomic E-state index is 0.0599. The summed E-state index contributed by atoms with van der Waals surface area (Å²) >= 11 is 0. The molecule has 2 heterocycles. The summed E-state index contributed by atoms with van der Waals surface area (Å²) < 4.78 is 1.81. The number of amides is 1. The molecule has 1 aliphatic heterocycles. The van der Waals surface area contributed by atoms with Gasteiger partial charge < -0.3 is 5.32 Å². The monoisotopic (exact) mass is 354 g/mol. The van der Waals surface area contributed by atoms with Gasteiger partial charge in [0.15, 0.2) is 0 Å². The van der Waals surface area contributed by atoms with Crippen LogP contribution in [-0.4, -0.2) is 33.7 Å². The van der Waals surface area contributed by atoms with Crippen molar-refractivity contribution < 1.29 is 4.79 Å². The number of piperidine rings is 1. The highest BCUT2D eigenvalue weighted by atomic mass is 16.1. The van der Waals surface area contributed by atoms with Crippen LogP contribution in [0.2, 0.25) is 0 Å². The van der Waals surface area contributed by atoms with Gasteiger partial charge >= 0.3 is 0 Å². The summed E-state index contributed by atoms with van der Waals surface area (Å²) in [6.07, 6.45) is 6.83. The van der Waals surface area contributed by atoms with Crippen molar-refractivity contribution in [2.75, 3.05) is 13.1 Å². The zero-order chi connectivity index (χ0) is 18.4. The van der Waals surface area contributed by atoms with Gasteiger partial charge in [-0.3, -0.25) is 14.4 Å². The normalized spacial score (nSPS) is 15.9. The molecule has 1 aromatic heterocycles. The number of hydrogen-bond donors (Lipinski definition) is 1. The Morgan fingerprint density at radius 1 is 1.19 bits per heavy atom. The van der Waals surface area contributed by atoms with Gasteiger partial charge in [-0.2, -0.15) is 5.10 Å². The van der Waals surface area contributed by atoms with Crippen LogP contribution in [0.4, 0.5) is 0 Å². The molecule has 0 spiro atoms. The topological polar surface area (TPSA) is 50.2 Å². The average molecular weight is 354 g/mol. The summed E-state index contributed by atoms with van der Waals surface area (Å²) in [6, 6.07) is 8.62. The largest absolute Gasteiger partial charge is 0.352 e. The lowest BCUT2D eigenvalue weighted by Crippen LogP contribution is -2.32. The summed E-state index contributed by atoms with van der Waals surface area (Å²) in [5, 5.41) is 7.19. The van der Waals surface area contributed by atoms with Crippen molar-refractivity contribution in [2.24, 2.45) is 5.92 Å². The molecule has 1 fully saturated rings. The number of benzene rings is 1. The fraction of sp³-hybridized carbons (Fsp3) is 0.524. The van der Waals surface area contributed by atoms with Crippen LogP contribution in [-0.2, 0) is 24.4 Å². The zero-order valence-electron chi connectivity index (χ0n) is 15.9. The van der Waals surface area contributed by atoms with E-state index in [9.17, 15) is 4.79 Å². The molecule has 26 heavy (non-hydrogen) atoms. The first kappa shape index (κ1) is 18.6. The van der Waals surface area contributed by atoms with Crippen molar-refractivity contribution in [1.82, 2.24) is 20.0 Å². The predicted octanol–water partition coefficient (Wildman–Crippen LogP) is 3.13. The molecule has 1 N–H and O–H groups in total. The fourth-order valence-electron chi connectivity index (χ4n) is 3.34. The molecule has 1 aromatic carbocycles. The van der Waals surface area contributed by atoms with Crippen molar-refractivity contribution in [1.29, 1.82) is 0 Å². The van der Waals surface area contributed by atoms with E-state index in [0.29, 0.717) is 19.5 Å². The van der Waals surface area contributed by atoms with Crippen molar-refractivity contribution >= 4 is 5.91 Å². The maximum absolute atomic E-state index is 12.0. The molecule has 0 aliphatic carbocycles. The van der Waals surface area contributed by atoms with Gasteiger partial charge in [0, 0.05) is 32.3 Å². The Bertz CT molecular complexity index is 699. The third-order valence-corrected chi connectivity index (χ3v) is 5.13. The summed E-state index contributed by atoms with van der Waals surface area (Å²) in [7, 11) is 0. The molecule has 0 radical (unpaired) electrons. The Hall–Kier alpha value is -2.14. The number of carbonyl (C=O) groups is 1. The fourth-order valence-corrected chi connectivity index (χ4v) is 3.34. The van der Waals surface area contributed by atoms with Crippen LogP contribution < -0.4 is 5.32 Å². The van der Waals surface area contributed by atoms with Gasteiger partial charge in [0.05, 0.1) is 6.20 Å². The van der Waals surface area contributed by atoms with Crippen LogP contribution in [0.25, 0.3) is 0 Å². The summed E-state index contributed by atoms with van der Waals surface area (Å²) in [4.78, 5) is 14.5. The smallest absolute Gasteiger partial charge is 0.222 e. The minimum Gasteiger partial charge on any atom is -0.352 e. The van der Waals surface area contributed by atoms with Crippen molar-refractivity contribution in [3.63, 3.8) is 0 Å². The number of hydrogen-bond acceptors (Lipinski definition) is 3. The van der Waals surface area contributed by atoms with E-state index in [2.05, 4.69) is 46.5 Å². The lowest BCUT2D eigenvalue weighted by atomic mass is 9.99. The third kappa shape index (κ3) is 5.70. The van der Waals surface area contributed by atoms with Crippen molar-refractivity contribution in [2.45, 2.75) is 52.7 Å². The molecule has 140 valence electrons. The number of aromatic nitrogens is 2. The van der Waals surface area contributed by atoms with Crippen LogP contribution >= 0.6 is 0 Å². The first-order valence-corrected chi connectivity index (χ1v) is 9.64. The van der Waals surface area contributed by atoms with E-state index in [0.717, 1.165) is 23.6 Å². The Kier molecular flexibility index (Phi) is 6.45. The average Bonchev–Trinajstić information content (AvgIpc) is 3.07. The SMILES string of the molecule is Cc1cnn(CCC(=O)NCc2ccc(CN3CCC(C)CC3)cc2)c1. The van der Waals surface area contributed by atoms with Crippen LogP contribution in [0.1, 0.15) is 42.9 Å². The molecule has 0 saturated carbocycles. The second-order valence-corrected chi connectivity index (χ2v) is 7.58. The Balaban J connectivity index is 1.39. The molecule has 0 unspecified atom stereocenters. The van der Waals surface area contributed by atoms with E-state index in [1.807, 2.05) is 24.0 Å². The molecular formula is C21H30N4O. The van der Waals surface area contributed by atoms with Gasteiger partial charge in [-0.05, 0) is 55.5 Å². The van der Waals surface area contributed by atoms with E-state index < -0.39 is 0 Å². The van der Waals surface area contributed by atoms with E-state index in [1.165, 1.54) is 31.5 Å². The van der Waals surface area contributed by atoms with E-state index >= 15 is 0 Å². The van der Waals surface area contributed by atoms with Gasteiger partial charge in [0.25, 0.3) is 0 Å². The molecule has 3 rings (SSSR count). The maximum atomic E-state index is 12.0. The van der Waals surface area contributed by atoms with Gasteiger partial charge in [-0.25, -0.2) is 0 Å². The number of carbonyl (C=O) groups excluding carboxylic acids is 1. The van der Waals surface area contributed by atoms with E-state index in [1.54, 1.807) is 0 Å². The van der Waals surface area contributed by atoms with Crippen LogP contribution in [0.5, 0.6) is 0 Å². The van der Waals surface area contributed by atoms with Gasteiger partial charge in [-0.1, -0.05) is 31.2 Å². The quantitative estimate of drug-likeness (QED) is 0.831. The predicted molar refractivity (Wildman–Crippen MR) is 104 cm³/mol. The maximum Gasteiger partial charge on any atom is 0.222 e. The molecule has 1 saturated heterocycles. The van der Waals surface area contributed by atoms with Crippen molar-refractivity contribution in [3.05, 3.63) is 53.3 Å². The first-order chi connectivity index (χ1) is 12.6. The Morgan fingerprint density at radius 3 is 2.54 bits per heavy atom. The highest BCUT2D eigenvalue weighted by Crippen LogP contribution is 2.18. The zero-order valence-corrected chi connectivity index (χ0v) is 15.9. The number of likely N-dealkylation sites (tertiary alicyclic amines) is 1. The molecular weight excluding hydrogens is 324 g/mol. The summed E-state index contributed by atoms with van der Waals surface area (Å²) in [5.41, 5.74) is 3.61. The molecule has 2 aromatic rings. The van der Waals surface area contributed by atoms with Gasteiger partial charge in [-0.15, -0.1) is 0 Å². The Morgan fingerprint density at radius 2 is 1.88 bits per heavy atom. The Labute approximate surface area is 156 Å². The van der Waals surface area contributed by atoms with Crippen LogP contribution in [0, 0.1) is 12.8 Å². The summed E-state index contributed by atoms with van der Waals surface area (Å²) in [6.45, 7) is 8.98. The number of nitrogens with zero attached hydrogens (tertiary/aromatic N) is 3. The van der Waals surface area contributed by atoms with Crippen LogP contribution in [0.3, 0.4) is 0 Å². The molecule has 1 amide bonds. The number of rotatable bonds is 7. The number of nitrogens with one attached hydrogen (secondary N) is 1. The lowest BCUT2D eigenvalue weighted by Gasteiger charge is -2.30. The molecule has 1 aliphatic rings. The minimum atomic E-state index is 0.0599. The molecule has 0 atom stereocenters. The van der Waals surface area contributed by atoms with E-state index in [4.69, 9.17) is 0 Å². The first-order valence-electron chi connectivity index (χ1n) is 9.64.